The Morgan fingerprint density at radius 3 is 2.32 bits per heavy atom. The van der Waals surface area contributed by atoms with Crippen LogP contribution in [0.5, 0.6) is 0 Å². The van der Waals surface area contributed by atoms with E-state index in [1.807, 2.05) is 30.3 Å². The standard InChI is InChI=1S/C33H42O5/c1-21-19-26-27(14-17-32(5)28(26)15-18-33(32,22(2)34)38-23(3)35)31(4)16-13-25(20-29(21)31)37-30(36)12-11-24-9-7-6-8-10-24/h6-10,19-20,25-28H,11-18H2,1-5H3/t25-,26+,27+,28+,31+,32-,33-/m0/s1. The molecule has 5 nitrogen and oxygen atoms in total. The van der Waals surface area contributed by atoms with Crippen LogP contribution in [0.4, 0.5) is 0 Å². The average molecular weight is 519 g/mol. The van der Waals surface area contributed by atoms with Crippen LogP contribution in [-0.4, -0.2) is 29.4 Å². The molecule has 0 aliphatic heterocycles. The maximum absolute atomic E-state index is 13.0. The number of carbonyl (C=O) groups excluding carboxylic acids is 3. The van der Waals surface area contributed by atoms with E-state index in [1.165, 1.54) is 18.1 Å². The number of carbonyl (C=O) groups is 3. The molecule has 4 aliphatic carbocycles. The Balaban J connectivity index is 1.36. The van der Waals surface area contributed by atoms with Crippen LogP contribution in [0, 0.1) is 28.6 Å². The number of allylic oxidation sites excluding steroid dienone is 3. The fourth-order valence-corrected chi connectivity index (χ4v) is 8.83. The fourth-order valence-electron chi connectivity index (χ4n) is 8.83. The molecular formula is C33H42O5. The van der Waals surface area contributed by atoms with Crippen LogP contribution >= 0.6 is 0 Å². The number of hydrogen-bond donors (Lipinski definition) is 0. The van der Waals surface area contributed by atoms with Crippen LogP contribution in [0.2, 0.25) is 0 Å². The maximum atomic E-state index is 13.0. The first-order valence-electron chi connectivity index (χ1n) is 14.4. The summed E-state index contributed by atoms with van der Waals surface area (Å²) in [5.41, 5.74) is 2.38. The van der Waals surface area contributed by atoms with Crippen molar-refractivity contribution in [2.45, 2.75) is 97.7 Å². The molecule has 0 spiro atoms. The summed E-state index contributed by atoms with van der Waals surface area (Å²) in [6.07, 6.45) is 10.7. The first-order chi connectivity index (χ1) is 18.0. The number of aryl methyl sites for hydroxylation is 1. The maximum Gasteiger partial charge on any atom is 0.306 e. The lowest BCUT2D eigenvalue weighted by molar-refractivity contribution is -0.185. The molecule has 0 unspecified atom stereocenters. The smallest absolute Gasteiger partial charge is 0.306 e. The molecule has 38 heavy (non-hydrogen) atoms. The molecule has 0 bridgehead atoms. The Hall–Kier alpha value is -2.69. The Bertz CT molecular complexity index is 1180. The molecule has 0 heterocycles. The van der Waals surface area contributed by atoms with E-state index in [9.17, 15) is 14.4 Å². The van der Waals surface area contributed by atoms with Crippen molar-refractivity contribution < 1.29 is 23.9 Å². The van der Waals surface area contributed by atoms with Crippen molar-refractivity contribution in [3.8, 4) is 0 Å². The van der Waals surface area contributed by atoms with Crippen LogP contribution in [0.3, 0.4) is 0 Å². The van der Waals surface area contributed by atoms with Gasteiger partial charge in [-0.2, -0.15) is 0 Å². The van der Waals surface area contributed by atoms with E-state index in [4.69, 9.17) is 9.47 Å². The van der Waals surface area contributed by atoms with Crippen molar-refractivity contribution in [1.29, 1.82) is 0 Å². The number of ether oxygens (including phenoxy) is 2. The van der Waals surface area contributed by atoms with Crippen molar-refractivity contribution >= 4 is 17.7 Å². The molecule has 0 amide bonds. The molecular weight excluding hydrogens is 476 g/mol. The number of benzene rings is 1. The van der Waals surface area contributed by atoms with Gasteiger partial charge in [0.05, 0.1) is 0 Å². The van der Waals surface area contributed by atoms with Gasteiger partial charge in [-0.25, -0.2) is 0 Å². The van der Waals surface area contributed by atoms with E-state index < -0.39 is 5.60 Å². The summed E-state index contributed by atoms with van der Waals surface area (Å²) in [7, 11) is 0. The minimum Gasteiger partial charge on any atom is -0.458 e. The van der Waals surface area contributed by atoms with Gasteiger partial charge < -0.3 is 9.47 Å². The van der Waals surface area contributed by atoms with Crippen molar-refractivity contribution in [3.63, 3.8) is 0 Å². The predicted molar refractivity (Wildman–Crippen MR) is 146 cm³/mol. The van der Waals surface area contributed by atoms with E-state index in [2.05, 4.69) is 32.9 Å². The van der Waals surface area contributed by atoms with Gasteiger partial charge in [-0.15, -0.1) is 0 Å². The lowest BCUT2D eigenvalue weighted by Crippen LogP contribution is -2.58. The second-order valence-electron chi connectivity index (χ2n) is 12.7. The highest BCUT2D eigenvalue weighted by Crippen LogP contribution is 2.68. The third kappa shape index (κ3) is 4.26. The average Bonchev–Trinajstić information content (AvgIpc) is 3.17. The highest BCUT2D eigenvalue weighted by molar-refractivity contribution is 5.89. The molecule has 2 fully saturated rings. The SMILES string of the molecule is CC(=O)O[C@]1(C(C)=O)CC[C@@H]2[C@@H]3C=C(C)C4=C[C@@H](OC(=O)CCc5ccccc5)CC[C@]4(C)[C@@H]3CC[C@@]21C. The fraction of sp³-hybridized carbons (Fsp3) is 0.606. The zero-order valence-electron chi connectivity index (χ0n) is 23.5. The molecule has 0 N–H and O–H groups in total. The topological polar surface area (TPSA) is 69.7 Å². The quantitative estimate of drug-likeness (QED) is 0.399. The van der Waals surface area contributed by atoms with Crippen LogP contribution in [-0.2, 0) is 30.3 Å². The second kappa shape index (κ2) is 9.81. The van der Waals surface area contributed by atoms with Gasteiger partial charge in [0.25, 0.3) is 0 Å². The van der Waals surface area contributed by atoms with Gasteiger partial charge >= 0.3 is 11.9 Å². The number of hydrogen-bond acceptors (Lipinski definition) is 5. The third-order valence-electron chi connectivity index (χ3n) is 10.7. The van der Waals surface area contributed by atoms with E-state index >= 15 is 0 Å². The normalized spacial score (nSPS) is 37.6. The van der Waals surface area contributed by atoms with Crippen molar-refractivity contribution in [1.82, 2.24) is 0 Å². The molecule has 7 atom stereocenters. The monoisotopic (exact) mass is 518 g/mol. The molecule has 4 aliphatic rings. The zero-order chi connectivity index (χ0) is 27.3. The van der Waals surface area contributed by atoms with Crippen molar-refractivity contribution in [3.05, 3.63) is 59.2 Å². The zero-order valence-corrected chi connectivity index (χ0v) is 23.5. The summed E-state index contributed by atoms with van der Waals surface area (Å²) in [6, 6.07) is 10.1. The number of Topliss-reactive ketones (excluding diaryl/α,β-unsaturated/α-hetero) is 1. The van der Waals surface area contributed by atoms with Gasteiger partial charge in [-0.1, -0.05) is 55.8 Å². The second-order valence-corrected chi connectivity index (χ2v) is 12.7. The van der Waals surface area contributed by atoms with Gasteiger partial charge in [-0.05, 0) is 99.2 Å². The first kappa shape index (κ1) is 26.9. The van der Waals surface area contributed by atoms with Gasteiger partial charge in [0, 0.05) is 18.8 Å². The molecule has 1 aromatic rings. The van der Waals surface area contributed by atoms with Crippen LogP contribution in [0.15, 0.2) is 53.6 Å². The Labute approximate surface area is 227 Å². The summed E-state index contributed by atoms with van der Waals surface area (Å²) < 4.78 is 11.8. The lowest BCUT2D eigenvalue weighted by atomic mass is 9.47. The van der Waals surface area contributed by atoms with E-state index in [0.29, 0.717) is 37.0 Å². The number of rotatable bonds is 6. The van der Waals surface area contributed by atoms with Crippen LogP contribution in [0.25, 0.3) is 0 Å². The minimum atomic E-state index is -1.02. The Kier molecular flexibility index (Phi) is 6.94. The number of fused-ring (bicyclic) bond motifs is 5. The Morgan fingerprint density at radius 1 is 0.921 bits per heavy atom. The molecule has 0 radical (unpaired) electrons. The van der Waals surface area contributed by atoms with Gasteiger partial charge in [0.15, 0.2) is 11.4 Å². The molecule has 0 aromatic heterocycles. The summed E-state index contributed by atoms with van der Waals surface area (Å²) >= 11 is 0. The van der Waals surface area contributed by atoms with Gasteiger partial charge in [0.1, 0.15) is 6.10 Å². The predicted octanol–water partition coefficient (Wildman–Crippen LogP) is 6.55. The first-order valence-corrected chi connectivity index (χ1v) is 14.4. The number of esters is 2. The van der Waals surface area contributed by atoms with Crippen molar-refractivity contribution in [2.75, 3.05) is 0 Å². The molecule has 204 valence electrons. The minimum absolute atomic E-state index is 0.0146. The van der Waals surface area contributed by atoms with Crippen LogP contribution in [0.1, 0.15) is 85.1 Å². The van der Waals surface area contributed by atoms with E-state index in [-0.39, 0.29) is 34.7 Å². The largest absolute Gasteiger partial charge is 0.458 e. The molecule has 0 saturated heterocycles. The third-order valence-corrected chi connectivity index (χ3v) is 10.7. The van der Waals surface area contributed by atoms with Crippen LogP contribution < -0.4 is 0 Å². The van der Waals surface area contributed by atoms with E-state index in [0.717, 1.165) is 37.7 Å². The summed E-state index contributed by atoms with van der Waals surface area (Å²) in [5.74, 6) is 0.580. The summed E-state index contributed by atoms with van der Waals surface area (Å²) in [4.78, 5) is 37.7. The molecule has 5 heteroatoms. The molecule has 2 saturated carbocycles. The highest BCUT2D eigenvalue weighted by Gasteiger charge is 2.67. The van der Waals surface area contributed by atoms with Gasteiger partial charge in [0.2, 0.25) is 0 Å². The molecule has 5 rings (SSSR count). The lowest BCUT2D eigenvalue weighted by Gasteiger charge is -2.58. The Morgan fingerprint density at radius 2 is 1.63 bits per heavy atom. The highest BCUT2D eigenvalue weighted by atomic mass is 16.6. The summed E-state index contributed by atoms with van der Waals surface area (Å²) in [5, 5.41) is 0. The molecule has 1 aromatic carbocycles. The van der Waals surface area contributed by atoms with E-state index in [1.54, 1.807) is 6.92 Å². The number of ketones is 1. The van der Waals surface area contributed by atoms with Crippen molar-refractivity contribution in [2.24, 2.45) is 28.6 Å². The van der Waals surface area contributed by atoms with Gasteiger partial charge in [-0.3, -0.25) is 14.4 Å². The summed E-state index contributed by atoms with van der Waals surface area (Å²) in [6.45, 7) is 9.78.